The number of amides is 2. The van der Waals surface area contributed by atoms with E-state index in [1.165, 1.54) is 0 Å². The van der Waals surface area contributed by atoms with Crippen LogP contribution in [0, 0.1) is 12.3 Å². The number of nitrogens with zero attached hydrogens (tertiary/aromatic N) is 3. The molecular weight excluding hydrogens is 328 g/mol. The topological polar surface area (TPSA) is 69.3 Å². The molecule has 0 unspecified atom stereocenters. The van der Waals surface area contributed by atoms with Crippen LogP contribution in [0.4, 0.5) is 0 Å². The second-order valence-electron chi connectivity index (χ2n) is 8.32. The first-order chi connectivity index (χ1) is 12.2. The number of H-pyrrole nitrogens is 1. The number of rotatable bonds is 2. The fraction of sp³-hybridized carbons (Fsp3) is 0.550. The number of nitrogens with one attached hydrogen (secondary N) is 1. The third-order valence-electron chi connectivity index (χ3n) is 4.66. The first-order valence-corrected chi connectivity index (χ1v) is 9.26. The maximum Gasteiger partial charge on any atom is 0.253 e. The van der Waals surface area contributed by atoms with Gasteiger partial charge in [0.25, 0.3) is 5.91 Å². The number of fused-ring (bicyclic) bond motifs is 1. The van der Waals surface area contributed by atoms with Gasteiger partial charge >= 0.3 is 0 Å². The van der Waals surface area contributed by atoms with Crippen molar-refractivity contribution in [3.63, 3.8) is 0 Å². The molecular formula is C20H28N4O2. The van der Waals surface area contributed by atoms with Crippen LogP contribution >= 0.6 is 0 Å². The summed E-state index contributed by atoms with van der Waals surface area (Å²) in [6.45, 7) is 10.7. The molecule has 6 heteroatoms. The lowest BCUT2D eigenvalue weighted by atomic mass is 9.91. The lowest BCUT2D eigenvalue weighted by Gasteiger charge is -2.25. The Bertz CT molecular complexity index is 819. The number of hydrogen-bond acceptors (Lipinski definition) is 3. The Morgan fingerprint density at radius 2 is 1.81 bits per heavy atom. The molecule has 2 heterocycles. The van der Waals surface area contributed by atoms with Crippen LogP contribution in [0.1, 0.15) is 49.8 Å². The lowest BCUT2D eigenvalue weighted by Crippen LogP contribution is -2.38. The van der Waals surface area contributed by atoms with Gasteiger partial charge in [0, 0.05) is 38.2 Å². The van der Waals surface area contributed by atoms with Crippen LogP contribution in [0.25, 0.3) is 11.0 Å². The van der Waals surface area contributed by atoms with Gasteiger partial charge < -0.3 is 14.8 Å². The second kappa shape index (κ2) is 7.09. The molecule has 1 aliphatic heterocycles. The van der Waals surface area contributed by atoms with E-state index in [1.807, 2.05) is 34.9 Å². The van der Waals surface area contributed by atoms with Crippen LogP contribution in [0.15, 0.2) is 18.2 Å². The number of carbonyl (C=O) groups excluding carboxylic acids is 2. The highest BCUT2D eigenvalue weighted by molar-refractivity contribution is 5.97. The zero-order valence-corrected chi connectivity index (χ0v) is 16.1. The van der Waals surface area contributed by atoms with Gasteiger partial charge in [0.1, 0.15) is 5.82 Å². The Balaban J connectivity index is 1.67. The summed E-state index contributed by atoms with van der Waals surface area (Å²) in [4.78, 5) is 36.7. The average molecular weight is 356 g/mol. The molecule has 0 radical (unpaired) electrons. The fourth-order valence-corrected chi connectivity index (χ4v) is 3.39. The van der Waals surface area contributed by atoms with E-state index in [-0.39, 0.29) is 17.2 Å². The summed E-state index contributed by atoms with van der Waals surface area (Å²) in [7, 11) is 0. The van der Waals surface area contributed by atoms with Gasteiger partial charge in [0.15, 0.2) is 0 Å². The minimum Gasteiger partial charge on any atom is -0.342 e. The van der Waals surface area contributed by atoms with Crippen molar-refractivity contribution in [1.82, 2.24) is 19.8 Å². The highest BCUT2D eigenvalue weighted by Gasteiger charge is 2.25. The third kappa shape index (κ3) is 4.23. The van der Waals surface area contributed by atoms with E-state index in [0.29, 0.717) is 31.6 Å². The van der Waals surface area contributed by atoms with Crippen molar-refractivity contribution in [1.29, 1.82) is 0 Å². The summed E-state index contributed by atoms with van der Waals surface area (Å²) in [5.74, 6) is 1.04. The molecule has 0 spiro atoms. The molecule has 6 nitrogen and oxygen atoms in total. The van der Waals surface area contributed by atoms with Crippen LogP contribution in [0.2, 0.25) is 0 Å². The van der Waals surface area contributed by atoms with E-state index < -0.39 is 0 Å². The molecule has 0 atom stereocenters. The zero-order chi connectivity index (χ0) is 18.9. The predicted molar refractivity (Wildman–Crippen MR) is 102 cm³/mol. The van der Waals surface area contributed by atoms with Gasteiger partial charge in [-0.25, -0.2) is 4.98 Å². The predicted octanol–water partition coefficient (Wildman–Crippen LogP) is 2.98. The average Bonchev–Trinajstić information content (AvgIpc) is 2.76. The van der Waals surface area contributed by atoms with E-state index in [1.54, 1.807) is 0 Å². The summed E-state index contributed by atoms with van der Waals surface area (Å²) in [5, 5.41) is 0. The third-order valence-corrected chi connectivity index (χ3v) is 4.66. The van der Waals surface area contributed by atoms with Crippen molar-refractivity contribution in [2.75, 3.05) is 26.2 Å². The molecule has 1 aliphatic rings. The minimum absolute atomic E-state index is 0.0173. The summed E-state index contributed by atoms with van der Waals surface area (Å²) >= 11 is 0. The number of carbonyl (C=O) groups is 2. The first kappa shape index (κ1) is 18.4. The summed E-state index contributed by atoms with van der Waals surface area (Å²) in [5.41, 5.74) is 2.39. The van der Waals surface area contributed by atoms with E-state index in [2.05, 4.69) is 30.7 Å². The van der Waals surface area contributed by atoms with Crippen LogP contribution < -0.4 is 0 Å². The molecule has 0 aliphatic carbocycles. The van der Waals surface area contributed by atoms with Crippen LogP contribution in [0.3, 0.4) is 0 Å². The van der Waals surface area contributed by atoms with Gasteiger partial charge in [-0.1, -0.05) is 20.8 Å². The molecule has 1 aromatic carbocycles. The number of imidazole rings is 1. The standard InChI is InChI=1S/C20H28N4O2/c1-14-21-16-7-6-15(12-17(16)22-14)19(26)24-9-5-8-23(10-11-24)18(25)13-20(2,3)4/h6-7,12H,5,8-11,13H2,1-4H3,(H,21,22). The van der Waals surface area contributed by atoms with Crippen molar-refractivity contribution in [2.24, 2.45) is 5.41 Å². The minimum atomic E-state index is -0.0173. The molecule has 2 amide bonds. The fourth-order valence-electron chi connectivity index (χ4n) is 3.39. The normalized spacial score (nSPS) is 16.0. The smallest absolute Gasteiger partial charge is 0.253 e. The first-order valence-electron chi connectivity index (χ1n) is 9.26. The van der Waals surface area contributed by atoms with Gasteiger partial charge in [-0.2, -0.15) is 0 Å². The Morgan fingerprint density at radius 3 is 2.54 bits per heavy atom. The SMILES string of the molecule is Cc1nc2ccc(C(=O)N3CCCN(C(=O)CC(C)(C)C)CC3)cc2[nH]1. The number of aryl methyl sites for hydroxylation is 1. The molecule has 0 bridgehead atoms. The second-order valence-corrected chi connectivity index (χ2v) is 8.32. The molecule has 1 saturated heterocycles. The number of aromatic nitrogens is 2. The van der Waals surface area contributed by atoms with E-state index >= 15 is 0 Å². The Hall–Kier alpha value is -2.37. The van der Waals surface area contributed by atoms with Crippen molar-refractivity contribution in [3.8, 4) is 0 Å². The highest BCUT2D eigenvalue weighted by Crippen LogP contribution is 2.21. The van der Waals surface area contributed by atoms with Gasteiger partial charge in [0.05, 0.1) is 11.0 Å². The molecule has 2 aromatic rings. The van der Waals surface area contributed by atoms with Crippen LogP contribution in [0.5, 0.6) is 0 Å². The van der Waals surface area contributed by atoms with Crippen LogP contribution in [-0.2, 0) is 4.79 Å². The Morgan fingerprint density at radius 1 is 1.12 bits per heavy atom. The van der Waals surface area contributed by atoms with Crippen molar-refractivity contribution in [3.05, 3.63) is 29.6 Å². The lowest BCUT2D eigenvalue weighted by molar-refractivity contribution is -0.132. The van der Waals surface area contributed by atoms with Crippen molar-refractivity contribution < 1.29 is 9.59 Å². The molecule has 0 saturated carbocycles. The van der Waals surface area contributed by atoms with Crippen LogP contribution in [-0.4, -0.2) is 57.8 Å². The summed E-state index contributed by atoms with van der Waals surface area (Å²) in [6, 6.07) is 5.58. The molecule has 1 fully saturated rings. The number of hydrogen-bond donors (Lipinski definition) is 1. The molecule has 1 aromatic heterocycles. The largest absolute Gasteiger partial charge is 0.342 e. The van der Waals surface area contributed by atoms with Gasteiger partial charge in [-0.05, 0) is 37.0 Å². The van der Waals surface area contributed by atoms with Gasteiger partial charge in [-0.3, -0.25) is 9.59 Å². The zero-order valence-electron chi connectivity index (χ0n) is 16.1. The molecule has 140 valence electrons. The quantitative estimate of drug-likeness (QED) is 0.899. The Kier molecular flexibility index (Phi) is 5.03. The maximum atomic E-state index is 12.9. The van der Waals surface area contributed by atoms with Gasteiger partial charge in [0.2, 0.25) is 5.91 Å². The maximum absolute atomic E-state index is 12.9. The van der Waals surface area contributed by atoms with Crippen molar-refractivity contribution in [2.45, 2.75) is 40.5 Å². The monoisotopic (exact) mass is 356 g/mol. The van der Waals surface area contributed by atoms with Crippen molar-refractivity contribution >= 4 is 22.8 Å². The van der Waals surface area contributed by atoms with E-state index in [9.17, 15) is 9.59 Å². The Labute approximate surface area is 154 Å². The van der Waals surface area contributed by atoms with E-state index in [4.69, 9.17) is 0 Å². The highest BCUT2D eigenvalue weighted by atomic mass is 16.2. The van der Waals surface area contributed by atoms with Gasteiger partial charge in [-0.15, -0.1) is 0 Å². The molecule has 1 N–H and O–H groups in total. The number of aromatic amines is 1. The number of benzene rings is 1. The van der Waals surface area contributed by atoms with E-state index in [0.717, 1.165) is 29.8 Å². The summed E-state index contributed by atoms with van der Waals surface area (Å²) < 4.78 is 0. The summed E-state index contributed by atoms with van der Waals surface area (Å²) in [6.07, 6.45) is 1.35. The molecule has 3 rings (SSSR count). The molecule has 26 heavy (non-hydrogen) atoms.